The lowest BCUT2D eigenvalue weighted by molar-refractivity contribution is -0.137. The van der Waals surface area contributed by atoms with E-state index < -0.39 is 17.6 Å². The molecule has 1 heterocycles. The molecule has 1 aliphatic rings. The second-order valence-corrected chi connectivity index (χ2v) is 7.83. The minimum atomic E-state index is -4.47. The van der Waals surface area contributed by atoms with Gasteiger partial charge in [-0.15, -0.1) is 0 Å². The minimum Gasteiger partial charge on any atom is -0.367 e. The summed E-state index contributed by atoms with van der Waals surface area (Å²) < 4.78 is 38.6. The third-order valence-corrected chi connectivity index (χ3v) is 5.11. The number of aromatic nitrogens is 2. The zero-order valence-corrected chi connectivity index (χ0v) is 17.3. The summed E-state index contributed by atoms with van der Waals surface area (Å²) in [6.07, 6.45) is -1.33. The highest BCUT2D eigenvalue weighted by atomic mass is 19.4. The summed E-state index contributed by atoms with van der Waals surface area (Å²) in [4.78, 5) is 23.1. The molecule has 1 aromatic heterocycles. The fourth-order valence-corrected chi connectivity index (χ4v) is 3.52. The van der Waals surface area contributed by atoms with Crippen LogP contribution in [0.3, 0.4) is 0 Å². The summed E-state index contributed by atoms with van der Waals surface area (Å²) in [7, 11) is 3.77. The van der Waals surface area contributed by atoms with Gasteiger partial charge in [-0.25, -0.2) is 4.98 Å². The first-order chi connectivity index (χ1) is 14.1. The van der Waals surface area contributed by atoms with Gasteiger partial charge in [-0.05, 0) is 50.8 Å². The van der Waals surface area contributed by atoms with Crippen LogP contribution in [0.5, 0.6) is 0 Å². The van der Waals surface area contributed by atoms with Gasteiger partial charge in [-0.1, -0.05) is 6.07 Å². The first-order valence-electron chi connectivity index (χ1n) is 9.89. The van der Waals surface area contributed by atoms with Gasteiger partial charge in [0.25, 0.3) is 5.91 Å². The Kier molecular flexibility index (Phi) is 6.48. The number of hydrogen-bond acceptors (Lipinski definition) is 5. The fourth-order valence-electron chi connectivity index (χ4n) is 3.52. The highest BCUT2D eigenvalue weighted by Crippen LogP contribution is 2.29. The molecule has 9 heteroatoms. The van der Waals surface area contributed by atoms with Gasteiger partial charge in [-0.3, -0.25) is 4.79 Å². The average Bonchev–Trinajstić information content (AvgIpc) is 2.68. The van der Waals surface area contributed by atoms with Crippen molar-refractivity contribution in [3.63, 3.8) is 0 Å². The number of nitrogens with zero attached hydrogens (tertiary/aromatic N) is 3. The molecule has 1 amide bonds. The molecule has 0 radical (unpaired) electrons. The molecule has 0 saturated heterocycles. The number of halogens is 3. The number of hydrogen-bond donors (Lipinski definition) is 2. The summed E-state index contributed by atoms with van der Waals surface area (Å²) in [6, 6.07) is 6.56. The van der Waals surface area contributed by atoms with Gasteiger partial charge < -0.3 is 15.5 Å². The number of alkyl halides is 3. The standard InChI is InChI=1S/C21H26F3N5O/c1-13-11-18(28-20(25-13)29(2)3)26-16-7-9-17(10-8-16)27-19(30)14-5-4-6-15(12-14)21(22,23)24/h4-6,11-12,16-17H,7-10H2,1-3H3,(H,27,30)(H,25,26,28). The van der Waals surface area contributed by atoms with E-state index in [1.165, 1.54) is 12.1 Å². The maximum Gasteiger partial charge on any atom is 0.416 e. The Balaban J connectivity index is 1.54. The third kappa shape index (κ3) is 5.61. The Labute approximate surface area is 173 Å². The van der Waals surface area contributed by atoms with E-state index in [1.807, 2.05) is 32.0 Å². The molecule has 1 fully saturated rings. The Morgan fingerprint density at radius 2 is 1.73 bits per heavy atom. The normalized spacial score (nSPS) is 19.3. The zero-order valence-electron chi connectivity index (χ0n) is 17.3. The van der Waals surface area contributed by atoms with Crippen molar-refractivity contribution in [3.05, 3.63) is 47.2 Å². The van der Waals surface area contributed by atoms with Crippen LogP contribution in [-0.4, -0.2) is 42.1 Å². The van der Waals surface area contributed by atoms with Crippen LogP contribution in [-0.2, 0) is 6.18 Å². The molecule has 1 aromatic carbocycles. The van der Waals surface area contributed by atoms with E-state index in [-0.39, 0.29) is 17.6 Å². The third-order valence-electron chi connectivity index (χ3n) is 5.11. The van der Waals surface area contributed by atoms with E-state index in [0.29, 0.717) is 5.95 Å². The molecule has 3 rings (SSSR count). The van der Waals surface area contributed by atoms with Crippen LogP contribution in [0.4, 0.5) is 24.9 Å². The predicted molar refractivity (Wildman–Crippen MR) is 110 cm³/mol. The lowest BCUT2D eigenvalue weighted by atomic mass is 9.91. The second kappa shape index (κ2) is 8.89. The molecule has 6 nitrogen and oxygen atoms in total. The summed E-state index contributed by atoms with van der Waals surface area (Å²) in [5.41, 5.74) is 0.0799. The van der Waals surface area contributed by atoms with Crippen LogP contribution in [0.1, 0.15) is 47.3 Å². The van der Waals surface area contributed by atoms with E-state index in [0.717, 1.165) is 49.3 Å². The molecule has 0 unspecified atom stereocenters. The number of carbonyl (C=O) groups excluding carboxylic acids is 1. The van der Waals surface area contributed by atoms with Crippen molar-refractivity contribution in [2.24, 2.45) is 0 Å². The van der Waals surface area contributed by atoms with Crippen molar-refractivity contribution >= 4 is 17.7 Å². The molecule has 1 saturated carbocycles. The van der Waals surface area contributed by atoms with Gasteiger partial charge in [0.1, 0.15) is 5.82 Å². The molecular formula is C21H26F3N5O. The van der Waals surface area contributed by atoms with Crippen molar-refractivity contribution in [1.82, 2.24) is 15.3 Å². The van der Waals surface area contributed by atoms with Gasteiger partial charge in [0.15, 0.2) is 0 Å². The second-order valence-electron chi connectivity index (χ2n) is 7.83. The molecular weight excluding hydrogens is 395 g/mol. The maximum absolute atomic E-state index is 12.9. The van der Waals surface area contributed by atoms with Crippen molar-refractivity contribution in [1.29, 1.82) is 0 Å². The van der Waals surface area contributed by atoms with E-state index in [1.54, 1.807) is 0 Å². The SMILES string of the molecule is Cc1cc(NC2CCC(NC(=O)c3cccc(C(F)(F)F)c3)CC2)nc(N(C)C)n1. The first-order valence-corrected chi connectivity index (χ1v) is 9.89. The lowest BCUT2D eigenvalue weighted by Crippen LogP contribution is -2.40. The topological polar surface area (TPSA) is 70.2 Å². The van der Waals surface area contributed by atoms with Crippen LogP contribution in [0, 0.1) is 6.92 Å². The number of carbonyl (C=O) groups is 1. The number of aryl methyl sites for hydroxylation is 1. The zero-order chi connectivity index (χ0) is 21.9. The minimum absolute atomic E-state index is 0.0257. The van der Waals surface area contributed by atoms with Crippen molar-refractivity contribution in [2.75, 3.05) is 24.3 Å². The average molecular weight is 421 g/mol. The molecule has 30 heavy (non-hydrogen) atoms. The number of benzene rings is 1. The van der Waals surface area contributed by atoms with E-state index >= 15 is 0 Å². The van der Waals surface area contributed by atoms with Crippen molar-refractivity contribution in [3.8, 4) is 0 Å². The Bertz CT molecular complexity index is 892. The molecule has 0 aliphatic heterocycles. The number of amides is 1. The molecule has 0 spiro atoms. The Hall–Kier alpha value is -2.84. The molecule has 162 valence electrons. The predicted octanol–water partition coefficient (Wildman–Crippen LogP) is 4.02. The van der Waals surface area contributed by atoms with Crippen LogP contribution < -0.4 is 15.5 Å². The van der Waals surface area contributed by atoms with Crippen LogP contribution >= 0.6 is 0 Å². The summed E-state index contributed by atoms with van der Waals surface area (Å²) in [5.74, 6) is 0.932. The summed E-state index contributed by atoms with van der Waals surface area (Å²) in [6.45, 7) is 1.92. The summed E-state index contributed by atoms with van der Waals surface area (Å²) >= 11 is 0. The maximum atomic E-state index is 12.9. The monoisotopic (exact) mass is 421 g/mol. The quantitative estimate of drug-likeness (QED) is 0.763. The Morgan fingerprint density at radius 1 is 1.07 bits per heavy atom. The van der Waals surface area contributed by atoms with Gasteiger partial charge in [0.05, 0.1) is 5.56 Å². The largest absolute Gasteiger partial charge is 0.416 e. The highest BCUT2D eigenvalue weighted by Gasteiger charge is 2.31. The van der Waals surface area contributed by atoms with Crippen molar-refractivity contribution < 1.29 is 18.0 Å². The van der Waals surface area contributed by atoms with Gasteiger partial charge >= 0.3 is 6.18 Å². The molecule has 0 atom stereocenters. The van der Waals surface area contributed by atoms with Gasteiger partial charge in [0.2, 0.25) is 5.95 Å². The van der Waals surface area contributed by atoms with Gasteiger partial charge in [-0.2, -0.15) is 18.2 Å². The van der Waals surface area contributed by atoms with E-state index in [2.05, 4.69) is 20.6 Å². The smallest absolute Gasteiger partial charge is 0.367 e. The van der Waals surface area contributed by atoms with Crippen LogP contribution in [0.2, 0.25) is 0 Å². The highest BCUT2D eigenvalue weighted by molar-refractivity contribution is 5.94. The number of anilines is 2. The van der Waals surface area contributed by atoms with E-state index in [9.17, 15) is 18.0 Å². The molecule has 2 N–H and O–H groups in total. The molecule has 1 aliphatic carbocycles. The number of rotatable bonds is 5. The fraction of sp³-hybridized carbons (Fsp3) is 0.476. The number of nitrogens with one attached hydrogen (secondary N) is 2. The Morgan fingerprint density at radius 3 is 2.37 bits per heavy atom. The lowest BCUT2D eigenvalue weighted by Gasteiger charge is -2.30. The summed E-state index contributed by atoms with van der Waals surface area (Å²) in [5, 5.41) is 6.30. The van der Waals surface area contributed by atoms with Crippen molar-refractivity contribution in [2.45, 2.75) is 50.9 Å². The molecule has 0 bridgehead atoms. The van der Waals surface area contributed by atoms with Gasteiger partial charge in [0, 0.05) is 43.5 Å². The molecule has 2 aromatic rings. The first kappa shape index (κ1) is 21.9. The van der Waals surface area contributed by atoms with Crippen LogP contribution in [0.15, 0.2) is 30.3 Å². The van der Waals surface area contributed by atoms with Crippen LogP contribution in [0.25, 0.3) is 0 Å². The van der Waals surface area contributed by atoms with E-state index in [4.69, 9.17) is 0 Å².